The van der Waals surface area contributed by atoms with Crippen LogP contribution < -0.4 is 5.32 Å². The third-order valence-corrected chi connectivity index (χ3v) is 4.00. The summed E-state index contributed by atoms with van der Waals surface area (Å²) in [5.41, 5.74) is 0.623. The highest BCUT2D eigenvalue weighted by molar-refractivity contribution is 5.94. The number of carbonyl (C=O) groups is 1. The van der Waals surface area contributed by atoms with Crippen molar-refractivity contribution in [3.63, 3.8) is 0 Å². The smallest absolute Gasteiger partial charge is 0.181 e. The molecule has 1 aromatic rings. The second-order valence-electron chi connectivity index (χ2n) is 5.32. The van der Waals surface area contributed by atoms with Gasteiger partial charge in [0.25, 0.3) is 0 Å². The molecule has 3 heterocycles. The predicted octanol–water partition coefficient (Wildman–Crippen LogP) is 2.18. The number of piperidine rings is 1. The van der Waals surface area contributed by atoms with Crippen LogP contribution in [0.25, 0.3) is 0 Å². The van der Waals surface area contributed by atoms with E-state index in [1.165, 1.54) is 12.8 Å². The largest absolute Gasteiger partial charge is 0.311 e. The topological polar surface area (TPSA) is 42.0 Å². The van der Waals surface area contributed by atoms with E-state index in [0.717, 1.165) is 12.8 Å². The fraction of sp³-hybridized carbons (Fsp3) is 0.571. The van der Waals surface area contributed by atoms with Crippen LogP contribution in [0.5, 0.6) is 0 Å². The summed E-state index contributed by atoms with van der Waals surface area (Å²) in [6.07, 6.45) is 7.27. The Hall–Kier alpha value is -1.22. The number of ketones is 1. The van der Waals surface area contributed by atoms with Gasteiger partial charge in [-0.1, -0.05) is 6.07 Å². The van der Waals surface area contributed by atoms with Crippen molar-refractivity contribution < 1.29 is 4.79 Å². The molecule has 1 aromatic heterocycles. The van der Waals surface area contributed by atoms with Gasteiger partial charge in [-0.3, -0.25) is 9.78 Å². The molecule has 0 aliphatic carbocycles. The van der Waals surface area contributed by atoms with E-state index in [-0.39, 0.29) is 5.78 Å². The van der Waals surface area contributed by atoms with Crippen molar-refractivity contribution in [1.82, 2.24) is 10.3 Å². The van der Waals surface area contributed by atoms with Crippen LogP contribution in [-0.4, -0.2) is 22.9 Å². The Morgan fingerprint density at radius 3 is 2.71 bits per heavy atom. The Balaban J connectivity index is 1.62. The molecule has 2 fully saturated rings. The second-order valence-corrected chi connectivity index (χ2v) is 5.32. The van der Waals surface area contributed by atoms with Gasteiger partial charge in [-0.25, -0.2) is 0 Å². The minimum atomic E-state index is 0.205. The summed E-state index contributed by atoms with van der Waals surface area (Å²) in [5, 5.41) is 3.61. The molecule has 0 spiro atoms. The average Bonchev–Trinajstić information content (AvgIpc) is 2.70. The molecule has 3 nitrogen and oxygen atoms in total. The Morgan fingerprint density at radius 1 is 1.29 bits per heavy atom. The first-order valence-corrected chi connectivity index (χ1v) is 6.51. The van der Waals surface area contributed by atoms with Gasteiger partial charge in [0.1, 0.15) is 5.69 Å². The molecule has 2 aliphatic rings. The molecule has 3 atom stereocenters. The summed E-state index contributed by atoms with van der Waals surface area (Å²) in [4.78, 5) is 16.2. The lowest BCUT2D eigenvalue weighted by molar-refractivity contribution is 0.0940. The molecule has 90 valence electrons. The van der Waals surface area contributed by atoms with Crippen molar-refractivity contribution in [3.8, 4) is 0 Å². The SMILES string of the molecule is O=C(C[C@H]1C[C@H]2CC[C@@H](C1)N2)c1ccccn1. The van der Waals surface area contributed by atoms with Crippen LogP contribution in [-0.2, 0) is 0 Å². The first-order chi connectivity index (χ1) is 8.31. The zero-order chi connectivity index (χ0) is 11.7. The maximum absolute atomic E-state index is 12.1. The van der Waals surface area contributed by atoms with Crippen molar-refractivity contribution in [2.24, 2.45) is 5.92 Å². The van der Waals surface area contributed by atoms with Crippen LogP contribution >= 0.6 is 0 Å². The maximum atomic E-state index is 12.1. The summed E-state index contributed by atoms with van der Waals surface area (Å²) >= 11 is 0. The monoisotopic (exact) mass is 230 g/mol. The van der Waals surface area contributed by atoms with Gasteiger partial charge in [0.15, 0.2) is 5.78 Å². The van der Waals surface area contributed by atoms with Gasteiger partial charge in [-0.05, 0) is 43.7 Å². The molecule has 0 saturated carbocycles. The zero-order valence-corrected chi connectivity index (χ0v) is 9.93. The van der Waals surface area contributed by atoms with Gasteiger partial charge in [0.2, 0.25) is 0 Å². The van der Waals surface area contributed by atoms with Crippen molar-refractivity contribution in [1.29, 1.82) is 0 Å². The van der Waals surface area contributed by atoms with Crippen molar-refractivity contribution in [3.05, 3.63) is 30.1 Å². The number of Topliss-reactive ketones (excluding diaryl/α,β-unsaturated/α-hetero) is 1. The summed E-state index contributed by atoms with van der Waals surface area (Å²) in [5.74, 6) is 0.764. The van der Waals surface area contributed by atoms with Crippen LogP contribution in [0.2, 0.25) is 0 Å². The molecule has 0 unspecified atom stereocenters. The molecular weight excluding hydrogens is 212 g/mol. The lowest BCUT2D eigenvalue weighted by Crippen LogP contribution is -2.38. The van der Waals surface area contributed by atoms with E-state index < -0.39 is 0 Å². The van der Waals surface area contributed by atoms with E-state index in [9.17, 15) is 4.79 Å². The normalized spacial score (nSPS) is 31.4. The first-order valence-electron chi connectivity index (χ1n) is 6.51. The van der Waals surface area contributed by atoms with Crippen LogP contribution in [0.1, 0.15) is 42.6 Å². The number of rotatable bonds is 3. The third kappa shape index (κ3) is 2.39. The Labute approximate surface area is 102 Å². The molecule has 0 amide bonds. The Morgan fingerprint density at radius 2 is 2.06 bits per heavy atom. The van der Waals surface area contributed by atoms with Gasteiger partial charge < -0.3 is 5.32 Å². The number of nitrogens with one attached hydrogen (secondary N) is 1. The number of fused-ring (bicyclic) bond motifs is 2. The van der Waals surface area contributed by atoms with E-state index in [2.05, 4.69) is 10.3 Å². The predicted molar refractivity (Wildman–Crippen MR) is 65.9 cm³/mol. The Kier molecular flexibility index (Phi) is 2.93. The quantitative estimate of drug-likeness (QED) is 0.809. The molecule has 0 radical (unpaired) electrons. The summed E-state index contributed by atoms with van der Waals surface area (Å²) < 4.78 is 0. The molecule has 0 aromatic carbocycles. The molecule has 2 saturated heterocycles. The van der Waals surface area contributed by atoms with E-state index in [1.54, 1.807) is 6.20 Å². The van der Waals surface area contributed by atoms with E-state index >= 15 is 0 Å². The van der Waals surface area contributed by atoms with Gasteiger partial charge in [0, 0.05) is 24.7 Å². The van der Waals surface area contributed by atoms with Gasteiger partial charge in [-0.15, -0.1) is 0 Å². The molecule has 17 heavy (non-hydrogen) atoms. The van der Waals surface area contributed by atoms with Crippen LogP contribution in [0, 0.1) is 5.92 Å². The van der Waals surface area contributed by atoms with Gasteiger partial charge in [-0.2, -0.15) is 0 Å². The fourth-order valence-corrected chi connectivity index (χ4v) is 3.24. The molecule has 1 N–H and O–H groups in total. The van der Waals surface area contributed by atoms with Crippen LogP contribution in [0.15, 0.2) is 24.4 Å². The van der Waals surface area contributed by atoms with Crippen LogP contribution in [0.4, 0.5) is 0 Å². The average molecular weight is 230 g/mol. The molecular formula is C14H18N2O. The number of pyridine rings is 1. The van der Waals surface area contributed by atoms with E-state index in [4.69, 9.17) is 0 Å². The second kappa shape index (κ2) is 4.57. The molecule has 3 heteroatoms. The zero-order valence-electron chi connectivity index (χ0n) is 9.93. The summed E-state index contributed by atoms with van der Waals surface area (Å²) in [6.45, 7) is 0. The molecule has 3 rings (SSSR count). The van der Waals surface area contributed by atoms with Crippen molar-refractivity contribution >= 4 is 5.78 Å². The first kappa shape index (κ1) is 10.9. The molecule has 2 bridgehead atoms. The molecule has 2 aliphatic heterocycles. The van der Waals surface area contributed by atoms with Crippen LogP contribution in [0.3, 0.4) is 0 Å². The summed E-state index contributed by atoms with van der Waals surface area (Å²) in [6, 6.07) is 6.87. The number of aromatic nitrogens is 1. The number of nitrogens with zero attached hydrogens (tertiary/aromatic N) is 1. The maximum Gasteiger partial charge on any atom is 0.181 e. The van der Waals surface area contributed by atoms with Crippen molar-refractivity contribution in [2.75, 3.05) is 0 Å². The highest BCUT2D eigenvalue weighted by Crippen LogP contribution is 2.33. The minimum Gasteiger partial charge on any atom is -0.311 e. The Bertz CT molecular complexity index is 392. The summed E-state index contributed by atoms with van der Waals surface area (Å²) in [7, 11) is 0. The number of hydrogen-bond donors (Lipinski definition) is 1. The highest BCUT2D eigenvalue weighted by Gasteiger charge is 2.34. The fourth-order valence-electron chi connectivity index (χ4n) is 3.24. The highest BCUT2D eigenvalue weighted by atomic mass is 16.1. The lowest BCUT2D eigenvalue weighted by Gasteiger charge is -2.28. The third-order valence-electron chi connectivity index (χ3n) is 4.00. The minimum absolute atomic E-state index is 0.205. The van der Waals surface area contributed by atoms with E-state index in [0.29, 0.717) is 30.1 Å². The van der Waals surface area contributed by atoms with Crippen molar-refractivity contribution in [2.45, 2.75) is 44.2 Å². The standard InChI is InChI=1S/C14H18N2O/c17-14(13-3-1-2-6-15-13)9-10-7-11-4-5-12(8-10)16-11/h1-3,6,10-12,16H,4-5,7-9H2/t10-,11+,12-. The van der Waals surface area contributed by atoms with E-state index in [1.807, 2.05) is 18.2 Å². The van der Waals surface area contributed by atoms with Gasteiger partial charge in [0.05, 0.1) is 0 Å². The number of carbonyl (C=O) groups excluding carboxylic acids is 1. The van der Waals surface area contributed by atoms with Gasteiger partial charge >= 0.3 is 0 Å². The lowest BCUT2D eigenvalue weighted by atomic mass is 9.87. The number of hydrogen-bond acceptors (Lipinski definition) is 3.